The molecule has 1 amide bonds. The van der Waals surface area contributed by atoms with Crippen LogP contribution in [0, 0.1) is 0 Å². The van der Waals surface area contributed by atoms with Gasteiger partial charge in [0, 0.05) is 36.4 Å². The van der Waals surface area contributed by atoms with E-state index in [-0.39, 0.29) is 11.9 Å². The minimum atomic E-state index is -0.364. The summed E-state index contributed by atoms with van der Waals surface area (Å²) in [6.45, 7) is 3.52. The summed E-state index contributed by atoms with van der Waals surface area (Å²) in [5.74, 6) is 0.500. The van der Waals surface area contributed by atoms with Crippen molar-refractivity contribution in [3.63, 3.8) is 0 Å². The van der Waals surface area contributed by atoms with Crippen molar-refractivity contribution in [2.24, 2.45) is 0 Å². The molecule has 0 bridgehead atoms. The van der Waals surface area contributed by atoms with Gasteiger partial charge in [0.25, 0.3) is 0 Å². The molecule has 0 saturated carbocycles. The van der Waals surface area contributed by atoms with E-state index in [9.17, 15) is 4.79 Å². The number of anilines is 1. The number of aromatic amines is 1. The Morgan fingerprint density at radius 2 is 2.11 bits per heavy atom. The number of hydrogen-bond acceptors (Lipinski definition) is 5. The van der Waals surface area contributed by atoms with Crippen LogP contribution in [0.4, 0.5) is 5.82 Å². The summed E-state index contributed by atoms with van der Waals surface area (Å²) in [7, 11) is 0. The second-order valence-electron chi connectivity index (χ2n) is 6.93. The largest absolute Gasteiger partial charge is 0.383 e. The van der Waals surface area contributed by atoms with Crippen LogP contribution in [0.1, 0.15) is 19.4 Å². The number of benzene rings is 1. The highest BCUT2D eigenvalue weighted by atomic mass is 16.2. The number of nitrogens with zero attached hydrogens (tertiary/aromatic N) is 5. The summed E-state index contributed by atoms with van der Waals surface area (Å²) in [6.07, 6.45) is 4.60. The van der Waals surface area contributed by atoms with Crippen molar-refractivity contribution >= 4 is 33.5 Å². The third-order valence-electron chi connectivity index (χ3n) is 5.24. The number of fused-ring (bicyclic) bond motifs is 3. The Bertz CT molecular complexity index is 1160. The summed E-state index contributed by atoms with van der Waals surface area (Å²) in [5.41, 5.74) is 9.61. The molecule has 1 aliphatic rings. The molecular weight excluding hydrogens is 342 g/mol. The summed E-state index contributed by atoms with van der Waals surface area (Å²) in [4.78, 5) is 18.9. The van der Waals surface area contributed by atoms with E-state index < -0.39 is 0 Å². The number of hydrogen-bond donors (Lipinski definition) is 2. The summed E-state index contributed by atoms with van der Waals surface area (Å²) >= 11 is 0. The second-order valence-corrected chi connectivity index (χ2v) is 6.93. The lowest BCUT2D eigenvalue weighted by Crippen LogP contribution is -2.45. The van der Waals surface area contributed by atoms with Crippen molar-refractivity contribution in [1.82, 2.24) is 29.9 Å². The van der Waals surface area contributed by atoms with Crippen LogP contribution in [0.25, 0.3) is 33.1 Å². The molecule has 1 atom stereocenters. The number of aromatic nitrogens is 5. The number of nitrogens with two attached hydrogens (primary N) is 1. The van der Waals surface area contributed by atoms with Crippen LogP contribution in [0.5, 0.6) is 0 Å². The Morgan fingerprint density at radius 3 is 2.81 bits per heavy atom. The van der Waals surface area contributed by atoms with Crippen LogP contribution < -0.4 is 5.73 Å². The van der Waals surface area contributed by atoms with E-state index in [1.54, 1.807) is 10.9 Å². The Morgan fingerprint density at radius 1 is 1.26 bits per heavy atom. The number of amides is 1. The van der Waals surface area contributed by atoms with Crippen LogP contribution in [-0.2, 0) is 4.79 Å². The van der Waals surface area contributed by atoms with Gasteiger partial charge in [0.2, 0.25) is 5.91 Å². The molecule has 1 aliphatic heterocycles. The molecule has 1 fully saturated rings. The molecule has 27 heavy (non-hydrogen) atoms. The molecule has 0 spiro atoms. The van der Waals surface area contributed by atoms with E-state index in [1.165, 1.54) is 0 Å². The van der Waals surface area contributed by atoms with Gasteiger partial charge in [0.05, 0.1) is 16.6 Å². The maximum absolute atomic E-state index is 12.5. The molecular formula is C19H19N7O. The number of rotatable bonds is 3. The molecule has 1 saturated heterocycles. The summed E-state index contributed by atoms with van der Waals surface area (Å²) in [5, 5.41) is 13.3. The van der Waals surface area contributed by atoms with Gasteiger partial charge in [-0.05, 0) is 31.5 Å². The van der Waals surface area contributed by atoms with Gasteiger partial charge in [-0.2, -0.15) is 10.2 Å². The molecule has 4 aromatic rings. The fourth-order valence-corrected chi connectivity index (χ4v) is 3.49. The van der Waals surface area contributed by atoms with Gasteiger partial charge in [0.15, 0.2) is 0 Å². The molecule has 8 nitrogen and oxygen atoms in total. The first kappa shape index (κ1) is 15.8. The Labute approximate surface area is 155 Å². The molecule has 3 N–H and O–H groups in total. The quantitative estimate of drug-likeness (QED) is 0.583. The number of carbonyl (C=O) groups excluding carboxylic acids is 1. The molecule has 136 valence electrons. The van der Waals surface area contributed by atoms with Crippen LogP contribution >= 0.6 is 0 Å². The van der Waals surface area contributed by atoms with E-state index in [1.807, 2.05) is 42.3 Å². The predicted octanol–water partition coefficient (Wildman–Crippen LogP) is 2.35. The van der Waals surface area contributed by atoms with Gasteiger partial charge >= 0.3 is 0 Å². The lowest BCUT2D eigenvalue weighted by molar-refractivity contribution is -0.138. The van der Waals surface area contributed by atoms with E-state index in [0.29, 0.717) is 5.82 Å². The Hall–Kier alpha value is -3.42. The lowest BCUT2D eigenvalue weighted by Gasteiger charge is -2.33. The zero-order valence-corrected chi connectivity index (χ0v) is 14.9. The number of carbonyl (C=O) groups is 1. The van der Waals surface area contributed by atoms with E-state index in [2.05, 4.69) is 20.3 Å². The summed E-state index contributed by atoms with van der Waals surface area (Å²) in [6, 6.07) is 7.49. The number of nitrogens with one attached hydrogen (secondary N) is 1. The first-order valence-electron chi connectivity index (χ1n) is 8.98. The molecule has 4 heterocycles. The zero-order valence-electron chi connectivity index (χ0n) is 14.9. The Balaban J connectivity index is 1.62. The monoisotopic (exact) mass is 361 g/mol. The molecule has 1 unspecified atom stereocenters. The van der Waals surface area contributed by atoms with Crippen molar-refractivity contribution in [1.29, 1.82) is 0 Å². The molecule has 3 aromatic heterocycles. The summed E-state index contributed by atoms with van der Waals surface area (Å²) < 4.78 is 1.70. The maximum atomic E-state index is 12.5. The third kappa shape index (κ3) is 2.44. The SMILES string of the molecule is CC(C(=O)N1CCC1)n1cc2c(N)nc3cc(-c4ccn[nH]4)ccc3c2n1. The predicted molar refractivity (Wildman–Crippen MR) is 103 cm³/mol. The second kappa shape index (κ2) is 5.80. The van der Waals surface area contributed by atoms with Crippen molar-refractivity contribution in [3.05, 3.63) is 36.7 Å². The topological polar surface area (TPSA) is 106 Å². The number of nitrogen functional groups attached to an aromatic ring is 1. The van der Waals surface area contributed by atoms with Gasteiger partial charge < -0.3 is 10.6 Å². The first-order chi connectivity index (χ1) is 13.1. The van der Waals surface area contributed by atoms with E-state index >= 15 is 0 Å². The normalized spacial score (nSPS) is 15.2. The standard InChI is InChI=1S/C19H19N7O/c1-11(19(27)25-7-2-8-25)26-10-14-17(24-26)13-4-3-12(15-5-6-21-23-15)9-16(13)22-18(14)20/h3-6,9-11H,2,7-8H2,1H3,(H2,20,22)(H,21,23). The van der Waals surface area contributed by atoms with E-state index in [0.717, 1.165) is 52.6 Å². The van der Waals surface area contributed by atoms with Gasteiger partial charge in [0.1, 0.15) is 17.4 Å². The van der Waals surface area contributed by atoms with Crippen molar-refractivity contribution in [3.8, 4) is 11.3 Å². The maximum Gasteiger partial charge on any atom is 0.247 e. The lowest BCUT2D eigenvalue weighted by atomic mass is 10.1. The zero-order chi connectivity index (χ0) is 18.5. The third-order valence-corrected chi connectivity index (χ3v) is 5.24. The highest BCUT2D eigenvalue weighted by Gasteiger charge is 2.27. The Kier molecular flexibility index (Phi) is 3.40. The highest BCUT2D eigenvalue weighted by Crippen LogP contribution is 2.30. The van der Waals surface area contributed by atoms with Crippen LogP contribution in [0.3, 0.4) is 0 Å². The number of H-pyrrole nitrogens is 1. The molecule has 5 rings (SSSR count). The van der Waals surface area contributed by atoms with Crippen molar-refractivity contribution in [2.45, 2.75) is 19.4 Å². The van der Waals surface area contributed by atoms with Gasteiger partial charge in [-0.25, -0.2) is 4.98 Å². The molecule has 0 aliphatic carbocycles. The van der Waals surface area contributed by atoms with E-state index in [4.69, 9.17) is 5.73 Å². The van der Waals surface area contributed by atoms with Gasteiger partial charge in [-0.15, -0.1) is 0 Å². The van der Waals surface area contributed by atoms with Gasteiger partial charge in [-0.1, -0.05) is 6.07 Å². The van der Waals surface area contributed by atoms with Crippen LogP contribution in [-0.4, -0.2) is 48.9 Å². The highest BCUT2D eigenvalue weighted by molar-refractivity contribution is 6.08. The fraction of sp³-hybridized carbons (Fsp3) is 0.263. The smallest absolute Gasteiger partial charge is 0.247 e. The molecule has 1 aromatic carbocycles. The van der Waals surface area contributed by atoms with Crippen molar-refractivity contribution in [2.75, 3.05) is 18.8 Å². The molecule has 0 radical (unpaired) electrons. The number of pyridine rings is 1. The van der Waals surface area contributed by atoms with Crippen molar-refractivity contribution < 1.29 is 4.79 Å². The minimum Gasteiger partial charge on any atom is -0.383 e. The van der Waals surface area contributed by atoms with Crippen LogP contribution in [0.15, 0.2) is 36.7 Å². The van der Waals surface area contributed by atoms with Crippen LogP contribution in [0.2, 0.25) is 0 Å². The fourth-order valence-electron chi connectivity index (χ4n) is 3.49. The average molecular weight is 361 g/mol. The average Bonchev–Trinajstić information content (AvgIpc) is 3.29. The van der Waals surface area contributed by atoms with Gasteiger partial charge in [-0.3, -0.25) is 14.6 Å². The minimum absolute atomic E-state index is 0.0893. The first-order valence-corrected chi connectivity index (χ1v) is 8.98. The molecule has 8 heteroatoms. The number of likely N-dealkylation sites (tertiary alicyclic amines) is 1.